The topological polar surface area (TPSA) is 62.7 Å². The Bertz CT molecular complexity index is 972. The SMILES string of the molecule is Cc1cc(C)n(CCC(=O)N[C@H]2CCCc3c2[nH]c2c(Cl)cccc32)n1. The number of aryl methyl sites for hydroxylation is 4. The highest BCUT2D eigenvalue weighted by molar-refractivity contribution is 6.35. The lowest BCUT2D eigenvalue weighted by molar-refractivity contribution is -0.122. The molecule has 1 atom stereocenters. The Kier molecular flexibility index (Phi) is 4.49. The molecule has 0 fully saturated rings. The molecule has 6 heteroatoms. The molecule has 0 radical (unpaired) electrons. The fourth-order valence-corrected chi connectivity index (χ4v) is 4.19. The summed E-state index contributed by atoms with van der Waals surface area (Å²) in [5, 5.41) is 9.52. The third-order valence-corrected chi connectivity index (χ3v) is 5.50. The molecule has 0 unspecified atom stereocenters. The lowest BCUT2D eigenvalue weighted by Gasteiger charge is -2.24. The molecule has 2 aromatic heterocycles. The van der Waals surface area contributed by atoms with E-state index < -0.39 is 0 Å². The van der Waals surface area contributed by atoms with Crippen LogP contribution in [0.3, 0.4) is 0 Å². The molecule has 2 heterocycles. The first-order valence-corrected chi connectivity index (χ1v) is 9.50. The number of fused-ring (bicyclic) bond motifs is 3. The highest BCUT2D eigenvalue weighted by atomic mass is 35.5. The molecule has 4 rings (SSSR count). The van der Waals surface area contributed by atoms with Crippen LogP contribution in [0.5, 0.6) is 0 Å². The van der Waals surface area contributed by atoms with Gasteiger partial charge in [-0.2, -0.15) is 5.10 Å². The summed E-state index contributed by atoms with van der Waals surface area (Å²) in [5.41, 5.74) is 5.44. The Balaban J connectivity index is 1.49. The Labute approximate surface area is 157 Å². The van der Waals surface area contributed by atoms with E-state index in [1.54, 1.807) is 0 Å². The number of rotatable bonds is 4. The van der Waals surface area contributed by atoms with Crippen LogP contribution < -0.4 is 5.32 Å². The molecule has 0 aliphatic heterocycles. The van der Waals surface area contributed by atoms with Crippen molar-refractivity contribution in [3.63, 3.8) is 0 Å². The summed E-state index contributed by atoms with van der Waals surface area (Å²) >= 11 is 6.34. The smallest absolute Gasteiger partial charge is 0.222 e. The van der Waals surface area contributed by atoms with E-state index in [9.17, 15) is 4.79 Å². The van der Waals surface area contributed by atoms with E-state index in [0.29, 0.717) is 13.0 Å². The molecule has 0 bridgehead atoms. The van der Waals surface area contributed by atoms with Gasteiger partial charge in [-0.15, -0.1) is 0 Å². The monoisotopic (exact) mass is 370 g/mol. The number of halogens is 1. The van der Waals surface area contributed by atoms with Crippen molar-refractivity contribution in [3.8, 4) is 0 Å². The second-order valence-corrected chi connectivity index (χ2v) is 7.50. The Morgan fingerprint density at radius 2 is 2.27 bits per heavy atom. The van der Waals surface area contributed by atoms with E-state index in [0.717, 1.165) is 46.9 Å². The van der Waals surface area contributed by atoms with Crippen molar-refractivity contribution in [2.24, 2.45) is 0 Å². The molecule has 0 saturated carbocycles. The first-order chi connectivity index (χ1) is 12.5. The van der Waals surface area contributed by atoms with Crippen LogP contribution in [0, 0.1) is 13.8 Å². The molecule has 1 aliphatic carbocycles. The maximum absolute atomic E-state index is 12.5. The summed E-state index contributed by atoms with van der Waals surface area (Å²) in [7, 11) is 0. The number of hydrogen-bond donors (Lipinski definition) is 2. The average molecular weight is 371 g/mol. The summed E-state index contributed by atoms with van der Waals surface area (Å²) in [6.45, 7) is 4.58. The van der Waals surface area contributed by atoms with Gasteiger partial charge in [0.15, 0.2) is 0 Å². The maximum Gasteiger partial charge on any atom is 0.222 e. The number of carbonyl (C=O) groups excluding carboxylic acids is 1. The number of H-pyrrole nitrogens is 1. The van der Waals surface area contributed by atoms with Crippen molar-refractivity contribution >= 4 is 28.4 Å². The summed E-state index contributed by atoms with van der Waals surface area (Å²) in [4.78, 5) is 16.0. The number of hydrogen-bond acceptors (Lipinski definition) is 2. The van der Waals surface area contributed by atoms with Gasteiger partial charge < -0.3 is 10.3 Å². The number of carbonyl (C=O) groups is 1. The largest absolute Gasteiger partial charge is 0.355 e. The third kappa shape index (κ3) is 3.12. The zero-order valence-electron chi connectivity index (χ0n) is 15.1. The van der Waals surface area contributed by atoms with Gasteiger partial charge in [-0.25, -0.2) is 0 Å². The summed E-state index contributed by atoms with van der Waals surface area (Å²) < 4.78 is 1.89. The molecular formula is C20H23ClN4O. The van der Waals surface area contributed by atoms with Crippen LogP contribution in [-0.4, -0.2) is 20.7 Å². The molecule has 3 aromatic rings. The highest BCUT2D eigenvalue weighted by Gasteiger charge is 2.26. The molecule has 2 N–H and O–H groups in total. The van der Waals surface area contributed by atoms with Crippen LogP contribution in [-0.2, 0) is 17.8 Å². The maximum atomic E-state index is 12.5. The van der Waals surface area contributed by atoms with Crippen LogP contribution in [0.4, 0.5) is 0 Å². The van der Waals surface area contributed by atoms with Crippen LogP contribution >= 0.6 is 11.6 Å². The second-order valence-electron chi connectivity index (χ2n) is 7.09. The number of amides is 1. The van der Waals surface area contributed by atoms with E-state index in [4.69, 9.17) is 11.6 Å². The molecule has 0 saturated heterocycles. The van der Waals surface area contributed by atoms with Gasteiger partial charge in [-0.05, 0) is 50.8 Å². The number of aromatic amines is 1. The predicted octanol–water partition coefficient (Wildman–Crippen LogP) is 4.22. The lowest BCUT2D eigenvalue weighted by Crippen LogP contribution is -2.31. The number of benzene rings is 1. The van der Waals surface area contributed by atoms with Crippen LogP contribution in [0.25, 0.3) is 10.9 Å². The zero-order valence-corrected chi connectivity index (χ0v) is 15.9. The van der Waals surface area contributed by atoms with Crippen LogP contribution in [0.15, 0.2) is 24.3 Å². The number of nitrogens with one attached hydrogen (secondary N) is 2. The minimum Gasteiger partial charge on any atom is -0.355 e. The minimum absolute atomic E-state index is 0.0233. The first kappa shape index (κ1) is 17.2. The zero-order chi connectivity index (χ0) is 18.3. The van der Waals surface area contributed by atoms with E-state index in [2.05, 4.69) is 21.5 Å². The molecule has 136 valence electrons. The first-order valence-electron chi connectivity index (χ1n) is 9.12. The molecule has 1 aromatic carbocycles. The quantitative estimate of drug-likeness (QED) is 0.722. The number of aromatic nitrogens is 3. The van der Waals surface area contributed by atoms with E-state index >= 15 is 0 Å². The van der Waals surface area contributed by atoms with Gasteiger partial charge in [0.2, 0.25) is 5.91 Å². The van der Waals surface area contributed by atoms with Gasteiger partial charge in [0.1, 0.15) is 0 Å². The van der Waals surface area contributed by atoms with Crippen molar-refractivity contribution in [1.82, 2.24) is 20.1 Å². The summed E-state index contributed by atoms with van der Waals surface area (Å²) in [6.07, 6.45) is 3.46. The Morgan fingerprint density at radius 3 is 3.04 bits per heavy atom. The van der Waals surface area contributed by atoms with Crippen molar-refractivity contribution < 1.29 is 4.79 Å². The molecular weight excluding hydrogens is 348 g/mol. The number of para-hydroxylation sites is 1. The lowest BCUT2D eigenvalue weighted by atomic mass is 9.91. The second kappa shape index (κ2) is 6.80. The normalized spacial score (nSPS) is 16.7. The van der Waals surface area contributed by atoms with Gasteiger partial charge in [-0.3, -0.25) is 9.48 Å². The molecule has 1 amide bonds. The summed E-state index contributed by atoms with van der Waals surface area (Å²) in [6, 6.07) is 8.03. The van der Waals surface area contributed by atoms with Gasteiger partial charge in [0, 0.05) is 29.7 Å². The third-order valence-electron chi connectivity index (χ3n) is 5.18. The fourth-order valence-electron chi connectivity index (χ4n) is 3.97. The highest BCUT2D eigenvalue weighted by Crippen LogP contribution is 2.36. The van der Waals surface area contributed by atoms with Crippen molar-refractivity contribution in [2.75, 3.05) is 0 Å². The molecule has 5 nitrogen and oxygen atoms in total. The van der Waals surface area contributed by atoms with Crippen molar-refractivity contribution in [1.29, 1.82) is 0 Å². The Morgan fingerprint density at radius 1 is 1.42 bits per heavy atom. The Hall–Kier alpha value is -2.27. The van der Waals surface area contributed by atoms with Crippen molar-refractivity contribution in [2.45, 2.75) is 52.1 Å². The van der Waals surface area contributed by atoms with Crippen LogP contribution in [0.2, 0.25) is 5.02 Å². The standard InChI is InChI=1S/C20H23ClN4O/c1-12-11-13(2)25(24-12)10-9-18(26)22-17-8-4-6-15-14-5-3-7-16(21)19(14)23-20(15)17/h3,5,7,11,17,23H,4,6,8-10H2,1-2H3,(H,22,26)/t17-/m0/s1. The van der Waals surface area contributed by atoms with E-state index in [-0.39, 0.29) is 11.9 Å². The van der Waals surface area contributed by atoms with Gasteiger partial charge in [-0.1, -0.05) is 23.7 Å². The minimum atomic E-state index is 0.0233. The predicted molar refractivity (Wildman–Crippen MR) is 103 cm³/mol. The fraction of sp³-hybridized carbons (Fsp3) is 0.400. The van der Waals surface area contributed by atoms with E-state index in [1.165, 1.54) is 10.9 Å². The van der Waals surface area contributed by atoms with Crippen molar-refractivity contribution in [3.05, 3.63) is 51.9 Å². The van der Waals surface area contributed by atoms with Gasteiger partial charge in [0.25, 0.3) is 0 Å². The number of nitrogens with zero attached hydrogens (tertiary/aromatic N) is 2. The molecule has 0 spiro atoms. The molecule has 26 heavy (non-hydrogen) atoms. The summed E-state index contributed by atoms with van der Waals surface area (Å²) in [5.74, 6) is 0.0557. The van der Waals surface area contributed by atoms with Gasteiger partial charge >= 0.3 is 0 Å². The van der Waals surface area contributed by atoms with Gasteiger partial charge in [0.05, 0.1) is 22.3 Å². The van der Waals surface area contributed by atoms with Crippen LogP contribution in [0.1, 0.15) is 47.9 Å². The average Bonchev–Trinajstić information content (AvgIpc) is 3.14. The molecule has 1 aliphatic rings. The van der Waals surface area contributed by atoms with E-state index in [1.807, 2.05) is 36.7 Å².